The van der Waals surface area contributed by atoms with Gasteiger partial charge in [-0.3, -0.25) is 0 Å². The van der Waals surface area contributed by atoms with Crippen molar-refractivity contribution in [3.63, 3.8) is 0 Å². The summed E-state index contributed by atoms with van der Waals surface area (Å²) in [7, 11) is 0. The zero-order valence-electron chi connectivity index (χ0n) is 4.43. The fourth-order valence-corrected chi connectivity index (χ4v) is 0.778. The lowest BCUT2D eigenvalue weighted by Crippen LogP contribution is -1.65. The Bertz CT molecular complexity index is 80.2. The monoisotopic (exact) mass is 94.1 g/mol. The zero-order chi connectivity index (χ0) is 5.28. The van der Waals surface area contributed by atoms with Crippen molar-refractivity contribution in [1.82, 2.24) is 0 Å². The summed E-state index contributed by atoms with van der Waals surface area (Å²) in [6.07, 6.45) is 5.30. The summed E-state index contributed by atoms with van der Waals surface area (Å²) in [6, 6.07) is 0. The molecule has 0 N–H and O–H groups in total. The maximum atomic E-state index is 3.67. The molecule has 0 heteroatoms. The minimum absolute atomic E-state index is 0.762. The molecule has 0 spiro atoms. The van der Waals surface area contributed by atoms with Gasteiger partial charge in [0.1, 0.15) is 0 Å². The van der Waals surface area contributed by atoms with E-state index in [4.69, 9.17) is 0 Å². The van der Waals surface area contributed by atoms with Crippen LogP contribution >= 0.6 is 0 Å². The van der Waals surface area contributed by atoms with Crippen LogP contribution in [0.15, 0.2) is 25.3 Å². The van der Waals surface area contributed by atoms with Crippen molar-refractivity contribution in [3.8, 4) is 0 Å². The van der Waals surface area contributed by atoms with E-state index in [1.54, 1.807) is 0 Å². The Morgan fingerprint density at radius 3 is 1.71 bits per heavy atom. The summed E-state index contributed by atoms with van der Waals surface area (Å²) < 4.78 is 0. The largest absolute Gasteiger partial charge is 0.103 e. The molecular weight excluding hydrogens is 84.1 g/mol. The summed E-state index contributed by atoms with van der Waals surface area (Å²) in [4.78, 5) is 0. The van der Waals surface area contributed by atoms with Gasteiger partial charge >= 0.3 is 0 Å². The van der Waals surface area contributed by atoms with Crippen LogP contribution in [-0.2, 0) is 0 Å². The molecule has 1 rings (SSSR count). The molecule has 38 valence electrons. The molecule has 0 unspecified atom stereocenters. The van der Waals surface area contributed by atoms with Crippen molar-refractivity contribution in [2.75, 3.05) is 0 Å². The Morgan fingerprint density at radius 1 is 1.14 bits per heavy atom. The molecule has 0 aliphatic heterocycles. The summed E-state index contributed by atoms with van der Waals surface area (Å²) >= 11 is 0. The highest BCUT2D eigenvalue weighted by molar-refractivity contribution is 5.05. The first-order valence-electron chi connectivity index (χ1n) is 2.63. The van der Waals surface area contributed by atoms with Crippen LogP contribution in [0.3, 0.4) is 0 Å². The first kappa shape index (κ1) is 4.63. The summed E-state index contributed by atoms with van der Waals surface area (Å²) in [5.41, 5.74) is 0. The zero-order valence-corrected chi connectivity index (χ0v) is 4.43. The lowest BCUT2D eigenvalue weighted by Gasteiger charge is -1.75. The smallest absolute Gasteiger partial charge is 0.0167 e. The van der Waals surface area contributed by atoms with Crippen molar-refractivity contribution in [1.29, 1.82) is 0 Å². The van der Waals surface area contributed by atoms with E-state index in [0.29, 0.717) is 0 Å². The van der Waals surface area contributed by atoms with E-state index in [-0.39, 0.29) is 0 Å². The fraction of sp³-hybridized carbons (Fsp3) is 0.429. The van der Waals surface area contributed by atoms with Crippen LogP contribution in [0.4, 0.5) is 0 Å². The van der Waals surface area contributed by atoms with Gasteiger partial charge in [0.25, 0.3) is 0 Å². The Hall–Kier alpha value is -0.520. The molecule has 1 fully saturated rings. The van der Waals surface area contributed by atoms with E-state index in [0.717, 1.165) is 11.8 Å². The Morgan fingerprint density at radius 2 is 1.57 bits per heavy atom. The topological polar surface area (TPSA) is 0 Å². The van der Waals surface area contributed by atoms with Gasteiger partial charge in [-0.05, 0) is 18.3 Å². The Kier molecular flexibility index (Phi) is 1.01. The minimum Gasteiger partial charge on any atom is -0.103 e. The van der Waals surface area contributed by atoms with Gasteiger partial charge < -0.3 is 0 Å². The molecule has 0 nitrogen and oxygen atoms in total. The van der Waals surface area contributed by atoms with Gasteiger partial charge in [-0.1, -0.05) is 12.2 Å². The molecule has 0 radical (unpaired) electrons. The first-order chi connectivity index (χ1) is 3.38. The highest BCUT2D eigenvalue weighted by atomic mass is 14.3. The van der Waals surface area contributed by atoms with E-state index in [1.165, 1.54) is 6.42 Å². The van der Waals surface area contributed by atoms with Gasteiger partial charge in [-0.15, -0.1) is 13.2 Å². The molecule has 7 heavy (non-hydrogen) atoms. The number of rotatable bonds is 2. The molecule has 0 aromatic heterocycles. The second kappa shape index (κ2) is 1.53. The highest BCUT2D eigenvalue weighted by Crippen LogP contribution is 2.39. The normalized spacial score (nSPS) is 37.1. The third-order valence-corrected chi connectivity index (χ3v) is 1.50. The molecule has 0 saturated heterocycles. The van der Waals surface area contributed by atoms with Crippen molar-refractivity contribution < 1.29 is 0 Å². The van der Waals surface area contributed by atoms with E-state index >= 15 is 0 Å². The van der Waals surface area contributed by atoms with Crippen LogP contribution in [0.5, 0.6) is 0 Å². The van der Waals surface area contributed by atoms with Crippen LogP contribution in [0.2, 0.25) is 0 Å². The summed E-state index contributed by atoms with van der Waals surface area (Å²) in [6.45, 7) is 7.35. The molecule has 1 aliphatic carbocycles. The highest BCUT2D eigenvalue weighted by Gasteiger charge is 2.30. The maximum Gasteiger partial charge on any atom is -0.0167 e. The predicted molar refractivity (Wildman–Crippen MR) is 32.0 cm³/mol. The SMILES string of the molecule is C=C[C@@H]1C[C@H]1C=C. The second-order valence-corrected chi connectivity index (χ2v) is 2.03. The second-order valence-electron chi connectivity index (χ2n) is 2.03. The Labute approximate surface area is 44.5 Å². The fourth-order valence-electron chi connectivity index (χ4n) is 0.778. The van der Waals surface area contributed by atoms with E-state index in [2.05, 4.69) is 13.2 Å². The van der Waals surface area contributed by atoms with Gasteiger partial charge in [0.2, 0.25) is 0 Å². The van der Waals surface area contributed by atoms with Crippen LogP contribution in [0.25, 0.3) is 0 Å². The van der Waals surface area contributed by atoms with Crippen LogP contribution in [0, 0.1) is 11.8 Å². The number of hydrogen-bond acceptors (Lipinski definition) is 0. The van der Waals surface area contributed by atoms with Gasteiger partial charge in [-0.2, -0.15) is 0 Å². The summed E-state index contributed by atoms with van der Waals surface area (Å²) in [5, 5.41) is 0. The molecule has 1 saturated carbocycles. The minimum atomic E-state index is 0.762. The number of allylic oxidation sites excluding steroid dienone is 2. The quantitative estimate of drug-likeness (QED) is 0.459. The van der Waals surface area contributed by atoms with E-state index < -0.39 is 0 Å². The van der Waals surface area contributed by atoms with Crippen LogP contribution in [0.1, 0.15) is 6.42 Å². The van der Waals surface area contributed by atoms with Crippen molar-refractivity contribution in [2.24, 2.45) is 11.8 Å². The third kappa shape index (κ3) is 0.738. The van der Waals surface area contributed by atoms with Crippen molar-refractivity contribution in [2.45, 2.75) is 6.42 Å². The Balaban J connectivity index is 2.30. The average Bonchev–Trinajstić information content (AvgIpc) is 2.43. The van der Waals surface area contributed by atoms with Crippen molar-refractivity contribution in [3.05, 3.63) is 25.3 Å². The third-order valence-electron chi connectivity index (χ3n) is 1.50. The molecule has 2 atom stereocenters. The van der Waals surface area contributed by atoms with Gasteiger partial charge in [0, 0.05) is 0 Å². The maximum absolute atomic E-state index is 3.67. The van der Waals surface area contributed by atoms with Gasteiger partial charge in [0.15, 0.2) is 0 Å². The molecule has 0 amide bonds. The van der Waals surface area contributed by atoms with E-state index in [1.807, 2.05) is 12.2 Å². The molecule has 0 bridgehead atoms. The lowest BCUT2D eigenvalue weighted by atomic mass is 10.3. The number of hydrogen-bond donors (Lipinski definition) is 0. The molecule has 0 aromatic carbocycles. The van der Waals surface area contributed by atoms with E-state index in [9.17, 15) is 0 Å². The summed E-state index contributed by atoms with van der Waals surface area (Å²) in [5.74, 6) is 1.52. The first-order valence-corrected chi connectivity index (χ1v) is 2.63. The molecule has 0 aromatic rings. The average molecular weight is 94.2 g/mol. The van der Waals surface area contributed by atoms with Crippen LogP contribution < -0.4 is 0 Å². The van der Waals surface area contributed by atoms with Gasteiger partial charge in [-0.25, -0.2) is 0 Å². The molecule has 0 heterocycles. The standard InChI is InChI=1S/C7H10/c1-3-6-5-7(6)4-2/h3-4,6-7H,1-2,5H2/t6-,7-/m1/s1. The van der Waals surface area contributed by atoms with Crippen molar-refractivity contribution >= 4 is 0 Å². The lowest BCUT2D eigenvalue weighted by molar-refractivity contribution is 1.00. The van der Waals surface area contributed by atoms with Gasteiger partial charge in [0.05, 0.1) is 0 Å². The molecule has 1 aliphatic rings. The van der Waals surface area contributed by atoms with Crippen LogP contribution in [-0.4, -0.2) is 0 Å². The predicted octanol–water partition coefficient (Wildman–Crippen LogP) is 1.99. The molecular formula is C7H10.